The largest absolute Gasteiger partial charge is 0.393 e. The molecule has 7 heteroatoms. The first kappa shape index (κ1) is 12.3. The predicted molar refractivity (Wildman–Crippen MR) is 62.9 cm³/mol. The van der Waals surface area contributed by atoms with Crippen molar-refractivity contribution in [3.05, 3.63) is 21.9 Å². The summed E-state index contributed by atoms with van der Waals surface area (Å²) in [6.07, 6.45) is 0.627. The number of hydrogen-bond acceptors (Lipinski definition) is 6. The monoisotopic (exact) mass is 270 g/mol. The van der Waals surface area contributed by atoms with Crippen molar-refractivity contribution in [2.45, 2.75) is 4.87 Å². The van der Waals surface area contributed by atoms with Crippen LogP contribution >= 0.6 is 23.1 Å². The van der Waals surface area contributed by atoms with Crippen LogP contribution in [0.3, 0.4) is 0 Å². The molecule has 1 unspecified atom stereocenters. The van der Waals surface area contributed by atoms with Gasteiger partial charge in [0, 0.05) is 12.3 Å². The molecule has 1 atom stereocenters. The molecule has 1 radical (unpaired) electrons. The van der Waals surface area contributed by atoms with Crippen LogP contribution in [0.4, 0.5) is 0 Å². The molecule has 1 aliphatic heterocycles. The lowest BCUT2D eigenvalue weighted by molar-refractivity contribution is -0.145. The van der Waals surface area contributed by atoms with Gasteiger partial charge in [-0.15, -0.1) is 23.1 Å². The maximum Gasteiger partial charge on any atom is 0.393 e. The predicted octanol–water partition coefficient (Wildman–Crippen LogP) is 0.733. The summed E-state index contributed by atoms with van der Waals surface area (Å²) in [5.74, 6) is -1.46. The zero-order chi connectivity index (χ0) is 12.5. The average molecular weight is 270 g/mol. The lowest BCUT2D eigenvalue weighted by Gasteiger charge is -2.19. The van der Waals surface area contributed by atoms with Crippen LogP contribution in [0.25, 0.3) is 0 Å². The smallest absolute Gasteiger partial charge is 0.297 e. The maximum absolute atomic E-state index is 12.1. The number of carbonyl (C=O) groups is 3. The van der Waals surface area contributed by atoms with Crippen molar-refractivity contribution >= 4 is 41.1 Å². The Balaban J connectivity index is 2.34. The molecule has 0 amide bonds. The number of aldehydes is 1. The Labute approximate surface area is 105 Å². The van der Waals surface area contributed by atoms with Crippen LogP contribution in [0.15, 0.2) is 12.1 Å². The molecule has 17 heavy (non-hydrogen) atoms. The SMILES string of the molecule is [O]C(=O)C1(C(=O)c2ccc(C=O)s2)NCCS1. The van der Waals surface area contributed by atoms with Gasteiger partial charge in [-0.1, -0.05) is 0 Å². The molecule has 1 saturated heterocycles. The van der Waals surface area contributed by atoms with E-state index in [-0.39, 0.29) is 4.88 Å². The number of carbonyl (C=O) groups excluding carboxylic acids is 3. The van der Waals surface area contributed by atoms with Gasteiger partial charge < -0.3 is 0 Å². The second kappa shape index (κ2) is 4.59. The van der Waals surface area contributed by atoms with Crippen LogP contribution in [0.2, 0.25) is 0 Å². The van der Waals surface area contributed by atoms with Crippen molar-refractivity contribution in [3.63, 3.8) is 0 Å². The minimum absolute atomic E-state index is 0.248. The molecular formula is C10H8NO4S2. The van der Waals surface area contributed by atoms with Crippen molar-refractivity contribution in [3.8, 4) is 0 Å². The Morgan fingerprint density at radius 3 is 2.65 bits per heavy atom. The molecule has 0 aliphatic carbocycles. The molecule has 1 fully saturated rings. The fourth-order valence-corrected chi connectivity index (χ4v) is 3.52. The highest BCUT2D eigenvalue weighted by Crippen LogP contribution is 2.33. The molecule has 0 bridgehead atoms. The molecule has 89 valence electrons. The van der Waals surface area contributed by atoms with Gasteiger partial charge in [-0.25, -0.2) is 9.90 Å². The van der Waals surface area contributed by atoms with E-state index in [9.17, 15) is 19.5 Å². The van der Waals surface area contributed by atoms with E-state index in [2.05, 4.69) is 5.32 Å². The zero-order valence-electron chi connectivity index (χ0n) is 8.60. The quantitative estimate of drug-likeness (QED) is 0.495. The Hall–Kier alpha value is -1.18. The molecule has 0 spiro atoms. The summed E-state index contributed by atoms with van der Waals surface area (Å²) < 4.78 is 0. The van der Waals surface area contributed by atoms with E-state index in [1.165, 1.54) is 12.1 Å². The molecule has 2 heterocycles. The molecule has 1 aromatic heterocycles. The van der Waals surface area contributed by atoms with E-state index in [1.54, 1.807) is 0 Å². The van der Waals surface area contributed by atoms with Crippen molar-refractivity contribution in [1.29, 1.82) is 0 Å². The van der Waals surface area contributed by atoms with Crippen molar-refractivity contribution in [2.75, 3.05) is 12.3 Å². The van der Waals surface area contributed by atoms with Crippen LogP contribution in [0.1, 0.15) is 19.3 Å². The number of hydrogen-bond donors (Lipinski definition) is 1. The summed E-state index contributed by atoms with van der Waals surface area (Å²) >= 11 is 2.00. The van der Waals surface area contributed by atoms with Gasteiger partial charge in [0.25, 0.3) is 0 Å². The van der Waals surface area contributed by atoms with Gasteiger partial charge in [-0.3, -0.25) is 14.9 Å². The van der Waals surface area contributed by atoms with Crippen LogP contribution in [0, 0.1) is 0 Å². The first-order valence-electron chi connectivity index (χ1n) is 4.80. The van der Waals surface area contributed by atoms with Crippen LogP contribution < -0.4 is 5.32 Å². The zero-order valence-corrected chi connectivity index (χ0v) is 10.2. The number of ketones is 1. The van der Waals surface area contributed by atoms with E-state index in [0.29, 0.717) is 23.5 Å². The second-order valence-corrected chi connectivity index (χ2v) is 5.82. The van der Waals surface area contributed by atoms with E-state index < -0.39 is 16.6 Å². The number of thiophene rings is 1. The van der Waals surface area contributed by atoms with E-state index in [0.717, 1.165) is 23.1 Å². The number of Topliss-reactive ketones (excluding diaryl/α,β-unsaturated/α-hetero) is 1. The van der Waals surface area contributed by atoms with Gasteiger partial charge in [0.1, 0.15) is 0 Å². The van der Waals surface area contributed by atoms with Gasteiger partial charge in [-0.05, 0) is 12.1 Å². The second-order valence-electron chi connectivity index (χ2n) is 3.39. The minimum Gasteiger partial charge on any atom is -0.297 e. The van der Waals surface area contributed by atoms with Gasteiger partial charge in [0.05, 0.1) is 9.75 Å². The first-order chi connectivity index (χ1) is 8.10. The number of thioether (sulfide) groups is 1. The van der Waals surface area contributed by atoms with Gasteiger partial charge in [-0.2, -0.15) is 0 Å². The van der Waals surface area contributed by atoms with E-state index in [1.807, 2.05) is 0 Å². The average Bonchev–Trinajstić information content (AvgIpc) is 2.98. The fourth-order valence-electron chi connectivity index (χ4n) is 1.56. The maximum atomic E-state index is 12.1. The molecule has 0 saturated carbocycles. The Bertz CT molecular complexity index is 476. The van der Waals surface area contributed by atoms with Crippen molar-refractivity contribution in [2.24, 2.45) is 0 Å². The van der Waals surface area contributed by atoms with Gasteiger partial charge in [0.15, 0.2) is 6.29 Å². The van der Waals surface area contributed by atoms with Crippen molar-refractivity contribution < 1.29 is 19.5 Å². The van der Waals surface area contributed by atoms with Gasteiger partial charge >= 0.3 is 5.97 Å². The van der Waals surface area contributed by atoms with Crippen LogP contribution in [-0.4, -0.2) is 35.2 Å². The lowest BCUT2D eigenvalue weighted by Crippen LogP contribution is -2.51. The third-order valence-electron chi connectivity index (χ3n) is 2.37. The lowest BCUT2D eigenvalue weighted by atomic mass is 10.1. The Morgan fingerprint density at radius 1 is 1.41 bits per heavy atom. The first-order valence-corrected chi connectivity index (χ1v) is 6.60. The number of rotatable bonds is 4. The molecule has 1 N–H and O–H groups in total. The highest BCUT2D eigenvalue weighted by Gasteiger charge is 2.51. The Kier molecular flexibility index (Phi) is 3.32. The summed E-state index contributed by atoms with van der Waals surface area (Å²) in [4.78, 5) is 32.7. The molecule has 2 rings (SSSR count). The summed E-state index contributed by atoms with van der Waals surface area (Å²) in [6, 6.07) is 2.95. The highest BCUT2D eigenvalue weighted by molar-refractivity contribution is 8.02. The summed E-state index contributed by atoms with van der Waals surface area (Å²) in [5.41, 5.74) is 0. The molecule has 1 aliphatic rings. The summed E-state index contributed by atoms with van der Waals surface area (Å²) in [5, 5.41) is 13.8. The minimum atomic E-state index is -1.70. The third-order valence-corrected chi connectivity index (χ3v) is 4.72. The fraction of sp³-hybridized carbons (Fsp3) is 0.300. The van der Waals surface area contributed by atoms with Crippen LogP contribution in [0.5, 0.6) is 0 Å². The highest BCUT2D eigenvalue weighted by atomic mass is 32.2. The molecule has 0 aromatic carbocycles. The molecule has 1 aromatic rings. The van der Waals surface area contributed by atoms with E-state index in [4.69, 9.17) is 0 Å². The summed E-state index contributed by atoms with van der Waals surface area (Å²) in [6.45, 7) is 0.441. The standard InChI is InChI=1S/C10H8NO4S2/c12-5-6-1-2-7(17-6)8(13)10(9(14)15)11-3-4-16-10/h1-2,5,11H,3-4H2. The van der Waals surface area contributed by atoms with Crippen LogP contribution in [-0.2, 0) is 9.90 Å². The Morgan fingerprint density at radius 2 is 2.18 bits per heavy atom. The molecule has 5 nitrogen and oxygen atoms in total. The third kappa shape index (κ3) is 2.01. The van der Waals surface area contributed by atoms with Crippen molar-refractivity contribution in [1.82, 2.24) is 5.32 Å². The normalized spacial score (nSPS) is 23.5. The summed E-state index contributed by atoms with van der Waals surface area (Å²) in [7, 11) is 0. The topological polar surface area (TPSA) is 83.1 Å². The van der Waals surface area contributed by atoms with Gasteiger partial charge in [0.2, 0.25) is 10.7 Å². The molecular weight excluding hydrogens is 262 g/mol. The van der Waals surface area contributed by atoms with E-state index >= 15 is 0 Å². The number of nitrogens with one attached hydrogen (secondary N) is 1.